The van der Waals surface area contributed by atoms with Crippen LogP contribution in [-0.4, -0.2) is 24.0 Å². The van der Waals surface area contributed by atoms with E-state index in [-0.39, 0.29) is 0 Å². The highest BCUT2D eigenvalue weighted by atomic mass is 15.1. The Morgan fingerprint density at radius 1 is 1.09 bits per heavy atom. The normalized spacial score (nSPS) is 21.5. The van der Waals surface area contributed by atoms with Crippen LogP contribution < -0.4 is 0 Å². The predicted octanol–water partition coefficient (Wildman–Crippen LogP) is 2.66. The predicted molar refractivity (Wildman–Crippen MR) is 49.8 cm³/mol. The van der Waals surface area contributed by atoms with E-state index in [1.165, 1.54) is 32.1 Å². The van der Waals surface area contributed by atoms with Crippen molar-refractivity contribution in [2.24, 2.45) is 0 Å². The molecule has 1 aliphatic rings. The van der Waals surface area contributed by atoms with Gasteiger partial charge < -0.3 is 4.90 Å². The minimum atomic E-state index is 0.720. The highest BCUT2D eigenvalue weighted by molar-refractivity contribution is 4.75. The highest BCUT2D eigenvalue weighted by Crippen LogP contribution is 2.22. The minimum Gasteiger partial charge on any atom is -0.301 e. The molecule has 0 atom stereocenters. The van der Waals surface area contributed by atoms with Crippen molar-refractivity contribution in [3.05, 3.63) is 0 Å². The first-order valence-corrected chi connectivity index (χ1v) is 4.93. The van der Waals surface area contributed by atoms with Gasteiger partial charge in [0.25, 0.3) is 0 Å². The van der Waals surface area contributed by atoms with Crippen LogP contribution in [0.25, 0.3) is 0 Å². The van der Waals surface area contributed by atoms with Crippen molar-refractivity contribution in [3.8, 4) is 0 Å². The van der Waals surface area contributed by atoms with Crippen LogP contribution in [0.3, 0.4) is 0 Å². The lowest BCUT2D eigenvalue weighted by molar-refractivity contribution is 0.155. The van der Waals surface area contributed by atoms with Gasteiger partial charge in [-0.15, -0.1) is 0 Å². The monoisotopic (exact) mass is 155 g/mol. The molecule has 1 saturated carbocycles. The topological polar surface area (TPSA) is 3.24 Å². The number of rotatable bonds is 2. The third kappa shape index (κ3) is 2.48. The molecular weight excluding hydrogens is 134 g/mol. The van der Waals surface area contributed by atoms with Crippen molar-refractivity contribution < 1.29 is 0 Å². The Kier molecular flexibility index (Phi) is 3.38. The molecule has 0 aromatic heterocycles. The summed E-state index contributed by atoms with van der Waals surface area (Å²) in [7, 11) is 2.26. The molecule has 0 aromatic carbocycles. The molecule has 0 heterocycles. The van der Waals surface area contributed by atoms with E-state index >= 15 is 0 Å². The van der Waals surface area contributed by atoms with Crippen molar-refractivity contribution in [2.45, 2.75) is 58.0 Å². The summed E-state index contributed by atoms with van der Waals surface area (Å²) >= 11 is 0. The van der Waals surface area contributed by atoms with Gasteiger partial charge in [-0.1, -0.05) is 19.3 Å². The van der Waals surface area contributed by atoms with Crippen molar-refractivity contribution in [1.82, 2.24) is 4.90 Å². The molecule has 1 rings (SSSR count). The van der Waals surface area contributed by atoms with Crippen LogP contribution in [0.15, 0.2) is 0 Å². The fraction of sp³-hybridized carbons (Fsp3) is 1.00. The van der Waals surface area contributed by atoms with Crippen molar-refractivity contribution in [3.63, 3.8) is 0 Å². The SMILES string of the molecule is CC(C)N(C)C1CCCCC1. The van der Waals surface area contributed by atoms with Crippen LogP contribution in [0.5, 0.6) is 0 Å². The maximum atomic E-state index is 2.53. The molecule has 0 radical (unpaired) electrons. The van der Waals surface area contributed by atoms with Gasteiger partial charge in [0, 0.05) is 12.1 Å². The first kappa shape index (κ1) is 9.05. The zero-order valence-electron chi connectivity index (χ0n) is 8.14. The van der Waals surface area contributed by atoms with E-state index in [1.54, 1.807) is 0 Å². The highest BCUT2D eigenvalue weighted by Gasteiger charge is 2.19. The van der Waals surface area contributed by atoms with E-state index in [2.05, 4.69) is 25.8 Å². The van der Waals surface area contributed by atoms with Gasteiger partial charge in [0.05, 0.1) is 0 Å². The average molecular weight is 155 g/mol. The summed E-state index contributed by atoms with van der Waals surface area (Å²) in [6.45, 7) is 4.57. The summed E-state index contributed by atoms with van der Waals surface area (Å²) in [5.74, 6) is 0. The molecule has 11 heavy (non-hydrogen) atoms. The Labute approximate surface area is 70.8 Å². The molecular formula is C10H21N. The van der Waals surface area contributed by atoms with E-state index in [9.17, 15) is 0 Å². The van der Waals surface area contributed by atoms with E-state index in [0.717, 1.165) is 12.1 Å². The van der Waals surface area contributed by atoms with E-state index in [4.69, 9.17) is 0 Å². The van der Waals surface area contributed by atoms with Gasteiger partial charge in [-0.2, -0.15) is 0 Å². The first-order chi connectivity index (χ1) is 5.22. The van der Waals surface area contributed by atoms with E-state index < -0.39 is 0 Å². The Morgan fingerprint density at radius 2 is 1.64 bits per heavy atom. The second-order valence-electron chi connectivity index (χ2n) is 4.05. The largest absolute Gasteiger partial charge is 0.301 e. The quantitative estimate of drug-likeness (QED) is 0.592. The fourth-order valence-electron chi connectivity index (χ4n) is 1.91. The third-order valence-corrected chi connectivity index (χ3v) is 2.97. The molecule has 1 nitrogen and oxygen atoms in total. The lowest BCUT2D eigenvalue weighted by Crippen LogP contribution is -2.38. The average Bonchev–Trinajstić information content (AvgIpc) is 2.05. The summed E-state index contributed by atoms with van der Waals surface area (Å²) in [4.78, 5) is 2.53. The molecule has 0 unspecified atom stereocenters. The zero-order valence-corrected chi connectivity index (χ0v) is 8.14. The lowest BCUT2D eigenvalue weighted by Gasteiger charge is -2.33. The number of nitrogens with zero attached hydrogens (tertiary/aromatic N) is 1. The van der Waals surface area contributed by atoms with Crippen LogP contribution in [-0.2, 0) is 0 Å². The van der Waals surface area contributed by atoms with Gasteiger partial charge in [0.1, 0.15) is 0 Å². The zero-order chi connectivity index (χ0) is 8.27. The molecule has 0 aromatic rings. The van der Waals surface area contributed by atoms with Crippen LogP contribution in [0, 0.1) is 0 Å². The van der Waals surface area contributed by atoms with Crippen molar-refractivity contribution >= 4 is 0 Å². The lowest BCUT2D eigenvalue weighted by atomic mass is 9.94. The third-order valence-electron chi connectivity index (χ3n) is 2.97. The summed E-state index contributed by atoms with van der Waals surface area (Å²) in [5.41, 5.74) is 0. The number of hydrogen-bond donors (Lipinski definition) is 0. The maximum Gasteiger partial charge on any atom is 0.00949 e. The molecule has 66 valence electrons. The fourth-order valence-corrected chi connectivity index (χ4v) is 1.91. The van der Waals surface area contributed by atoms with Gasteiger partial charge in [-0.25, -0.2) is 0 Å². The van der Waals surface area contributed by atoms with Crippen molar-refractivity contribution in [1.29, 1.82) is 0 Å². The molecule has 0 bridgehead atoms. The Morgan fingerprint density at radius 3 is 2.09 bits per heavy atom. The van der Waals surface area contributed by atoms with Gasteiger partial charge in [-0.05, 0) is 33.7 Å². The minimum absolute atomic E-state index is 0.720. The second kappa shape index (κ2) is 4.10. The maximum absolute atomic E-state index is 2.53. The van der Waals surface area contributed by atoms with Crippen molar-refractivity contribution in [2.75, 3.05) is 7.05 Å². The molecule has 1 heteroatoms. The second-order valence-corrected chi connectivity index (χ2v) is 4.05. The molecule has 1 fully saturated rings. The van der Waals surface area contributed by atoms with Gasteiger partial charge in [-0.3, -0.25) is 0 Å². The Bertz CT molecular complexity index is 103. The Hall–Kier alpha value is -0.0400. The van der Waals surface area contributed by atoms with Gasteiger partial charge in [0.15, 0.2) is 0 Å². The first-order valence-electron chi connectivity index (χ1n) is 4.93. The standard InChI is InChI=1S/C10H21N/c1-9(2)11(3)10-7-5-4-6-8-10/h9-10H,4-8H2,1-3H3. The molecule has 0 amide bonds. The van der Waals surface area contributed by atoms with Crippen LogP contribution in [0.2, 0.25) is 0 Å². The molecule has 0 spiro atoms. The summed E-state index contributed by atoms with van der Waals surface area (Å²) in [5, 5.41) is 0. The molecule has 0 aliphatic heterocycles. The molecule has 0 saturated heterocycles. The van der Waals surface area contributed by atoms with E-state index in [1.807, 2.05) is 0 Å². The molecule has 0 N–H and O–H groups in total. The molecule has 1 aliphatic carbocycles. The smallest absolute Gasteiger partial charge is 0.00949 e. The summed E-state index contributed by atoms with van der Waals surface area (Å²) in [6, 6.07) is 1.60. The summed E-state index contributed by atoms with van der Waals surface area (Å²) < 4.78 is 0. The number of hydrogen-bond acceptors (Lipinski definition) is 1. The Balaban J connectivity index is 2.32. The van der Waals surface area contributed by atoms with E-state index in [0.29, 0.717) is 0 Å². The van der Waals surface area contributed by atoms with Gasteiger partial charge in [0.2, 0.25) is 0 Å². The summed E-state index contributed by atoms with van der Waals surface area (Å²) in [6.07, 6.45) is 7.20. The van der Waals surface area contributed by atoms with Gasteiger partial charge >= 0.3 is 0 Å². The van der Waals surface area contributed by atoms with Crippen LogP contribution >= 0.6 is 0 Å². The van der Waals surface area contributed by atoms with Crippen LogP contribution in [0.1, 0.15) is 46.0 Å². The van der Waals surface area contributed by atoms with Crippen LogP contribution in [0.4, 0.5) is 0 Å².